The molecule has 0 aromatic heterocycles. The summed E-state index contributed by atoms with van der Waals surface area (Å²) >= 11 is 0. The van der Waals surface area contributed by atoms with E-state index in [1.807, 2.05) is 81.4 Å². The van der Waals surface area contributed by atoms with Crippen LogP contribution in [0.3, 0.4) is 0 Å². The second-order valence-corrected chi connectivity index (χ2v) is 9.55. The standard InChI is InChI=1S/C26H25NO4/c1-25(2,3)31-24(30)27-15-26(14-18-10-6-7-11-19(18)22(26)28)23(29)20-12-16-8-4-5-9-17(16)13-21(20)27/h4-13,22,28H,14-15H2,1-3H3/t22-,26-/m1/s1. The third-order valence-electron chi connectivity index (χ3n) is 6.28. The highest BCUT2D eigenvalue weighted by molar-refractivity contribution is 6.14. The molecular weight excluding hydrogens is 390 g/mol. The Bertz CT molecular complexity index is 1230. The normalized spacial score (nSPS) is 22.5. The van der Waals surface area contributed by atoms with E-state index in [1.165, 1.54) is 4.90 Å². The number of amides is 1. The van der Waals surface area contributed by atoms with Gasteiger partial charge in [0.1, 0.15) is 5.60 Å². The quantitative estimate of drug-likeness (QED) is 0.558. The number of fused-ring (bicyclic) bond motifs is 3. The number of hydrogen-bond donors (Lipinski definition) is 1. The topological polar surface area (TPSA) is 66.8 Å². The summed E-state index contributed by atoms with van der Waals surface area (Å²) in [4.78, 5) is 28.7. The van der Waals surface area contributed by atoms with Crippen LogP contribution in [0.4, 0.5) is 10.5 Å². The van der Waals surface area contributed by atoms with Crippen LogP contribution in [0.1, 0.15) is 48.4 Å². The lowest BCUT2D eigenvalue weighted by atomic mass is 9.72. The van der Waals surface area contributed by atoms with Crippen molar-refractivity contribution < 1.29 is 19.4 Å². The largest absolute Gasteiger partial charge is 0.443 e. The zero-order chi connectivity index (χ0) is 22.0. The molecule has 2 aliphatic rings. The first-order valence-corrected chi connectivity index (χ1v) is 10.5. The fraction of sp³-hybridized carbons (Fsp3) is 0.308. The van der Waals surface area contributed by atoms with E-state index < -0.39 is 23.2 Å². The van der Waals surface area contributed by atoms with Crippen molar-refractivity contribution in [1.29, 1.82) is 0 Å². The predicted molar refractivity (Wildman–Crippen MR) is 119 cm³/mol. The second-order valence-electron chi connectivity index (χ2n) is 9.55. The van der Waals surface area contributed by atoms with Gasteiger partial charge in [0.05, 0.1) is 17.2 Å². The molecule has 3 aromatic carbocycles. The molecule has 1 spiro atoms. The molecule has 5 heteroatoms. The Kier molecular flexibility index (Phi) is 4.25. The van der Waals surface area contributed by atoms with Crippen LogP contribution in [0, 0.1) is 5.41 Å². The number of benzene rings is 3. The number of ether oxygens (including phenoxy) is 1. The highest BCUT2D eigenvalue weighted by Crippen LogP contribution is 2.52. The summed E-state index contributed by atoms with van der Waals surface area (Å²) in [5, 5.41) is 13.2. The van der Waals surface area contributed by atoms with Gasteiger partial charge in [-0.3, -0.25) is 9.69 Å². The van der Waals surface area contributed by atoms with Crippen molar-refractivity contribution in [3.05, 3.63) is 77.4 Å². The smallest absolute Gasteiger partial charge is 0.414 e. The number of anilines is 1. The Labute approximate surface area is 181 Å². The summed E-state index contributed by atoms with van der Waals surface area (Å²) in [5.74, 6) is -0.128. The van der Waals surface area contributed by atoms with Gasteiger partial charge in [-0.15, -0.1) is 0 Å². The highest BCUT2D eigenvalue weighted by atomic mass is 16.6. The summed E-state index contributed by atoms with van der Waals surface area (Å²) in [5.41, 5.74) is 0.867. The molecule has 0 radical (unpaired) electrons. The molecule has 0 saturated heterocycles. The minimum absolute atomic E-state index is 0.0714. The number of nitrogens with zero attached hydrogens (tertiary/aromatic N) is 1. The van der Waals surface area contributed by atoms with Gasteiger partial charge < -0.3 is 9.84 Å². The first kappa shape index (κ1) is 19.8. The first-order valence-electron chi connectivity index (χ1n) is 10.5. The van der Waals surface area contributed by atoms with E-state index in [-0.39, 0.29) is 12.3 Å². The molecule has 0 saturated carbocycles. The van der Waals surface area contributed by atoms with Gasteiger partial charge in [-0.2, -0.15) is 0 Å². The number of carbonyl (C=O) groups excluding carboxylic acids is 2. The van der Waals surface area contributed by atoms with E-state index in [0.29, 0.717) is 17.7 Å². The lowest BCUT2D eigenvalue weighted by Crippen LogP contribution is -2.53. The number of aliphatic hydroxyl groups excluding tert-OH is 1. The van der Waals surface area contributed by atoms with Crippen molar-refractivity contribution in [1.82, 2.24) is 0 Å². The van der Waals surface area contributed by atoms with Crippen molar-refractivity contribution in [3.63, 3.8) is 0 Å². The fourth-order valence-corrected chi connectivity index (χ4v) is 4.86. The summed E-state index contributed by atoms with van der Waals surface area (Å²) in [6.45, 7) is 5.52. The van der Waals surface area contributed by atoms with E-state index in [4.69, 9.17) is 4.74 Å². The molecule has 2 atom stereocenters. The summed E-state index contributed by atoms with van der Waals surface area (Å²) in [6.07, 6.45) is -1.12. The summed E-state index contributed by atoms with van der Waals surface area (Å²) in [7, 11) is 0. The number of ketones is 1. The maximum absolute atomic E-state index is 13.9. The van der Waals surface area contributed by atoms with Crippen LogP contribution in [-0.4, -0.2) is 29.1 Å². The number of aliphatic hydroxyl groups is 1. The molecule has 1 aliphatic heterocycles. The molecule has 1 heterocycles. The number of hydrogen-bond acceptors (Lipinski definition) is 4. The first-order chi connectivity index (χ1) is 14.7. The Balaban J connectivity index is 1.69. The molecular formula is C26H25NO4. The molecule has 0 bridgehead atoms. The van der Waals surface area contributed by atoms with Crippen molar-refractivity contribution in [2.24, 2.45) is 5.41 Å². The molecule has 1 amide bonds. The molecule has 1 aliphatic carbocycles. The van der Waals surface area contributed by atoms with Gasteiger partial charge in [0.15, 0.2) is 5.78 Å². The van der Waals surface area contributed by atoms with Crippen LogP contribution in [0.5, 0.6) is 0 Å². The van der Waals surface area contributed by atoms with Crippen LogP contribution in [0.2, 0.25) is 0 Å². The van der Waals surface area contributed by atoms with Gasteiger partial charge in [-0.05, 0) is 61.2 Å². The highest BCUT2D eigenvalue weighted by Gasteiger charge is 2.56. The Morgan fingerprint density at radius 2 is 1.71 bits per heavy atom. The predicted octanol–water partition coefficient (Wildman–Crippen LogP) is 5.05. The maximum atomic E-state index is 13.9. The van der Waals surface area contributed by atoms with Crippen molar-refractivity contribution in [3.8, 4) is 0 Å². The SMILES string of the molecule is CC(C)(C)OC(=O)N1C[C@@]2(Cc3ccccc3[C@H]2O)C(=O)c2cc3ccccc3cc21. The lowest BCUT2D eigenvalue weighted by Gasteiger charge is -2.42. The maximum Gasteiger partial charge on any atom is 0.414 e. The zero-order valence-corrected chi connectivity index (χ0v) is 17.9. The molecule has 5 nitrogen and oxygen atoms in total. The van der Waals surface area contributed by atoms with E-state index >= 15 is 0 Å². The Hall–Kier alpha value is -3.18. The number of Topliss-reactive ketones (excluding diaryl/α,β-unsaturated/α-hetero) is 1. The van der Waals surface area contributed by atoms with Gasteiger partial charge in [0, 0.05) is 12.1 Å². The average molecular weight is 415 g/mol. The third-order valence-corrected chi connectivity index (χ3v) is 6.28. The molecule has 0 unspecified atom stereocenters. The summed E-state index contributed by atoms with van der Waals surface area (Å²) in [6, 6.07) is 19.0. The minimum Gasteiger partial charge on any atom is -0.443 e. The number of rotatable bonds is 0. The third kappa shape index (κ3) is 3.03. The molecule has 3 aromatic rings. The van der Waals surface area contributed by atoms with E-state index in [2.05, 4.69) is 0 Å². The minimum atomic E-state index is -1.13. The van der Waals surface area contributed by atoms with Crippen molar-refractivity contribution in [2.75, 3.05) is 11.4 Å². The number of carbonyl (C=O) groups is 2. The van der Waals surface area contributed by atoms with Gasteiger partial charge in [0.25, 0.3) is 0 Å². The van der Waals surface area contributed by atoms with E-state index in [1.54, 1.807) is 0 Å². The van der Waals surface area contributed by atoms with Gasteiger partial charge in [-0.25, -0.2) is 4.79 Å². The molecule has 1 N–H and O–H groups in total. The lowest BCUT2D eigenvalue weighted by molar-refractivity contribution is 0.0289. The van der Waals surface area contributed by atoms with Crippen LogP contribution in [-0.2, 0) is 11.2 Å². The van der Waals surface area contributed by atoms with Crippen LogP contribution in [0.15, 0.2) is 60.7 Å². The molecule has 0 fully saturated rings. The molecule has 5 rings (SSSR count). The Morgan fingerprint density at radius 3 is 2.39 bits per heavy atom. The monoisotopic (exact) mass is 415 g/mol. The van der Waals surface area contributed by atoms with Crippen LogP contribution in [0.25, 0.3) is 10.8 Å². The fourth-order valence-electron chi connectivity index (χ4n) is 4.86. The zero-order valence-electron chi connectivity index (χ0n) is 17.9. The van der Waals surface area contributed by atoms with Crippen molar-refractivity contribution >= 4 is 28.3 Å². The Morgan fingerprint density at radius 1 is 1.06 bits per heavy atom. The van der Waals surface area contributed by atoms with Crippen molar-refractivity contribution in [2.45, 2.75) is 38.9 Å². The van der Waals surface area contributed by atoms with Crippen LogP contribution < -0.4 is 4.90 Å². The van der Waals surface area contributed by atoms with Gasteiger partial charge in [-0.1, -0.05) is 48.5 Å². The average Bonchev–Trinajstić information content (AvgIpc) is 3.01. The van der Waals surface area contributed by atoms with Crippen LogP contribution >= 0.6 is 0 Å². The summed E-state index contributed by atoms with van der Waals surface area (Å²) < 4.78 is 5.69. The van der Waals surface area contributed by atoms with E-state index in [9.17, 15) is 14.7 Å². The van der Waals surface area contributed by atoms with Gasteiger partial charge in [0.2, 0.25) is 0 Å². The second kappa shape index (κ2) is 6.66. The van der Waals surface area contributed by atoms with E-state index in [0.717, 1.165) is 21.9 Å². The molecule has 158 valence electrons. The molecule has 31 heavy (non-hydrogen) atoms. The van der Waals surface area contributed by atoms with Gasteiger partial charge >= 0.3 is 6.09 Å².